The maximum absolute atomic E-state index is 11.6. The van der Waals surface area contributed by atoms with E-state index in [1.54, 1.807) is 11.8 Å². The second-order valence-electron chi connectivity index (χ2n) is 3.81. The van der Waals surface area contributed by atoms with Crippen LogP contribution in [0.2, 0.25) is 0 Å². The monoisotopic (exact) mass is 202 g/mol. The number of amides is 1. The number of carbonyl (C=O) groups is 1. The average Bonchev–Trinajstić information content (AvgIpc) is 2.55. The van der Waals surface area contributed by atoms with Crippen molar-refractivity contribution in [2.45, 2.75) is 32.9 Å². The highest BCUT2D eigenvalue weighted by Crippen LogP contribution is 2.10. The van der Waals surface area contributed by atoms with Gasteiger partial charge in [0.25, 0.3) is 0 Å². The summed E-state index contributed by atoms with van der Waals surface area (Å²) >= 11 is 1.77. The first-order valence-corrected chi connectivity index (χ1v) is 5.88. The van der Waals surface area contributed by atoms with E-state index in [9.17, 15) is 4.79 Å². The third-order valence-electron chi connectivity index (χ3n) is 2.40. The van der Waals surface area contributed by atoms with E-state index in [0.717, 1.165) is 11.6 Å². The molecule has 1 aliphatic heterocycles. The first-order chi connectivity index (χ1) is 6.11. The smallest absolute Gasteiger partial charge is 0.238 e. The van der Waals surface area contributed by atoms with Gasteiger partial charge in [-0.1, -0.05) is 13.8 Å². The van der Waals surface area contributed by atoms with Crippen molar-refractivity contribution in [3.8, 4) is 0 Å². The van der Waals surface area contributed by atoms with E-state index in [0.29, 0.717) is 5.92 Å². The van der Waals surface area contributed by atoms with E-state index < -0.39 is 0 Å². The van der Waals surface area contributed by atoms with Crippen molar-refractivity contribution in [1.82, 2.24) is 10.6 Å². The van der Waals surface area contributed by atoms with Crippen LogP contribution in [0.15, 0.2) is 0 Å². The number of rotatable bonds is 3. The van der Waals surface area contributed by atoms with Gasteiger partial charge in [-0.3, -0.25) is 10.1 Å². The number of carbonyl (C=O) groups excluding carboxylic acids is 1. The van der Waals surface area contributed by atoms with Crippen molar-refractivity contribution >= 4 is 17.7 Å². The molecule has 0 aromatic carbocycles. The molecule has 0 aliphatic carbocycles. The van der Waals surface area contributed by atoms with E-state index >= 15 is 0 Å². The number of hydrogen-bond donors (Lipinski definition) is 2. The molecule has 0 radical (unpaired) electrons. The van der Waals surface area contributed by atoms with Crippen LogP contribution in [0.3, 0.4) is 0 Å². The van der Waals surface area contributed by atoms with Gasteiger partial charge in [0.1, 0.15) is 0 Å². The van der Waals surface area contributed by atoms with Gasteiger partial charge in [0, 0.05) is 17.7 Å². The molecule has 1 heterocycles. The highest BCUT2D eigenvalue weighted by molar-refractivity contribution is 7.99. The van der Waals surface area contributed by atoms with Crippen LogP contribution in [-0.2, 0) is 4.79 Å². The van der Waals surface area contributed by atoms with E-state index in [-0.39, 0.29) is 18.0 Å². The Kier molecular flexibility index (Phi) is 4.06. The minimum Gasteiger partial charge on any atom is -0.352 e. The summed E-state index contributed by atoms with van der Waals surface area (Å²) in [6.45, 7) is 6.27. The predicted molar refractivity (Wildman–Crippen MR) is 56.7 cm³/mol. The van der Waals surface area contributed by atoms with Crippen LogP contribution in [0.25, 0.3) is 0 Å². The molecule has 0 aromatic rings. The Morgan fingerprint density at radius 2 is 2.23 bits per heavy atom. The molecule has 2 N–H and O–H groups in total. The van der Waals surface area contributed by atoms with Crippen LogP contribution in [0, 0.1) is 5.92 Å². The van der Waals surface area contributed by atoms with Gasteiger partial charge in [-0.25, -0.2) is 0 Å². The van der Waals surface area contributed by atoms with Crippen molar-refractivity contribution < 1.29 is 4.79 Å². The van der Waals surface area contributed by atoms with E-state index in [2.05, 4.69) is 24.5 Å². The first kappa shape index (κ1) is 10.9. The lowest BCUT2D eigenvalue weighted by molar-refractivity contribution is -0.123. The average molecular weight is 202 g/mol. The fourth-order valence-electron chi connectivity index (χ4n) is 1.06. The standard InChI is InChI=1S/C9H18N2OS/c1-6(2)7(3)11-9(12)8-4-13-5-10-8/h6-8,10H,4-5H2,1-3H3,(H,11,12)/t7?,8-/m1/s1. The molecule has 0 saturated carbocycles. The van der Waals surface area contributed by atoms with Gasteiger partial charge in [0.15, 0.2) is 0 Å². The minimum absolute atomic E-state index is 0.0196. The Balaban J connectivity index is 2.31. The van der Waals surface area contributed by atoms with Gasteiger partial charge in [-0.2, -0.15) is 0 Å². The minimum atomic E-state index is 0.0196. The predicted octanol–water partition coefficient (Wildman–Crippen LogP) is 0.810. The van der Waals surface area contributed by atoms with Gasteiger partial charge < -0.3 is 5.32 Å². The summed E-state index contributed by atoms with van der Waals surface area (Å²) in [5.41, 5.74) is 0. The quantitative estimate of drug-likeness (QED) is 0.711. The van der Waals surface area contributed by atoms with E-state index in [1.807, 2.05) is 6.92 Å². The van der Waals surface area contributed by atoms with Crippen LogP contribution < -0.4 is 10.6 Å². The van der Waals surface area contributed by atoms with Crippen LogP contribution in [0.1, 0.15) is 20.8 Å². The van der Waals surface area contributed by atoms with Crippen molar-refractivity contribution in [1.29, 1.82) is 0 Å². The zero-order chi connectivity index (χ0) is 9.84. The van der Waals surface area contributed by atoms with Crippen molar-refractivity contribution in [3.63, 3.8) is 0 Å². The highest BCUT2D eigenvalue weighted by Gasteiger charge is 2.23. The van der Waals surface area contributed by atoms with Gasteiger partial charge in [-0.05, 0) is 12.8 Å². The Labute approximate surface area is 84.0 Å². The molecule has 2 atom stereocenters. The normalized spacial score (nSPS) is 24.8. The maximum Gasteiger partial charge on any atom is 0.238 e. The molecule has 1 aliphatic rings. The van der Waals surface area contributed by atoms with E-state index in [4.69, 9.17) is 0 Å². The summed E-state index contributed by atoms with van der Waals surface area (Å²) in [4.78, 5) is 11.6. The van der Waals surface area contributed by atoms with Crippen LogP contribution in [-0.4, -0.2) is 29.6 Å². The molecule has 13 heavy (non-hydrogen) atoms. The van der Waals surface area contributed by atoms with Gasteiger partial charge >= 0.3 is 0 Å². The molecule has 0 aromatic heterocycles. The van der Waals surface area contributed by atoms with Crippen LogP contribution in [0.4, 0.5) is 0 Å². The summed E-state index contributed by atoms with van der Waals surface area (Å²) in [6.07, 6.45) is 0. The molecule has 0 bridgehead atoms. The lowest BCUT2D eigenvalue weighted by atomic mass is 10.1. The van der Waals surface area contributed by atoms with Crippen molar-refractivity contribution in [3.05, 3.63) is 0 Å². The van der Waals surface area contributed by atoms with Gasteiger partial charge in [-0.15, -0.1) is 11.8 Å². The number of nitrogens with one attached hydrogen (secondary N) is 2. The molecule has 1 amide bonds. The summed E-state index contributed by atoms with van der Waals surface area (Å²) < 4.78 is 0. The molecule has 3 nitrogen and oxygen atoms in total. The molecule has 1 rings (SSSR count). The lowest BCUT2D eigenvalue weighted by Crippen LogP contribution is -2.46. The Morgan fingerprint density at radius 3 is 2.69 bits per heavy atom. The first-order valence-electron chi connectivity index (χ1n) is 4.72. The topological polar surface area (TPSA) is 41.1 Å². The summed E-state index contributed by atoms with van der Waals surface area (Å²) in [5, 5.41) is 6.16. The zero-order valence-corrected chi connectivity index (χ0v) is 9.28. The number of thioether (sulfide) groups is 1. The van der Waals surface area contributed by atoms with Gasteiger partial charge in [0.05, 0.1) is 6.04 Å². The zero-order valence-electron chi connectivity index (χ0n) is 8.46. The van der Waals surface area contributed by atoms with Crippen molar-refractivity contribution in [2.75, 3.05) is 11.6 Å². The molecular formula is C9H18N2OS. The SMILES string of the molecule is CC(C)C(C)NC(=O)[C@H]1CSCN1. The molecule has 1 unspecified atom stereocenters. The Hall–Kier alpha value is -0.220. The van der Waals surface area contributed by atoms with Gasteiger partial charge in [0.2, 0.25) is 5.91 Å². The summed E-state index contributed by atoms with van der Waals surface area (Å²) in [7, 11) is 0. The fraction of sp³-hybridized carbons (Fsp3) is 0.889. The largest absolute Gasteiger partial charge is 0.352 e. The lowest BCUT2D eigenvalue weighted by Gasteiger charge is -2.19. The molecule has 1 saturated heterocycles. The number of hydrogen-bond acceptors (Lipinski definition) is 3. The Bertz CT molecular complexity index is 178. The molecular weight excluding hydrogens is 184 g/mol. The highest BCUT2D eigenvalue weighted by atomic mass is 32.2. The summed E-state index contributed by atoms with van der Waals surface area (Å²) in [6, 6.07) is 0.283. The third kappa shape index (κ3) is 3.19. The summed E-state index contributed by atoms with van der Waals surface area (Å²) in [5.74, 6) is 2.44. The second-order valence-corrected chi connectivity index (χ2v) is 4.84. The second kappa shape index (κ2) is 4.86. The van der Waals surface area contributed by atoms with Crippen LogP contribution >= 0.6 is 11.8 Å². The Morgan fingerprint density at radius 1 is 1.54 bits per heavy atom. The molecule has 76 valence electrons. The van der Waals surface area contributed by atoms with E-state index in [1.165, 1.54) is 0 Å². The van der Waals surface area contributed by atoms with Crippen LogP contribution in [0.5, 0.6) is 0 Å². The molecule has 4 heteroatoms. The molecule has 0 spiro atoms. The maximum atomic E-state index is 11.6. The molecule has 1 fully saturated rings. The van der Waals surface area contributed by atoms with Crippen molar-refractivity contribution in [2.24, 2.45) is 5.92 Å². The fourth-order valence-corrected chi connectivity index (χ4v) is 2.00. The third-order valence-corrected chi connectivity index (χ3v) is 3.34.